The molecule has 5 nitrogen and oxygen atoms in total. The first kappa shape index (κ1) is 13.1. The van der Waals surface area contributed by atoms with E-state index in [1.54, 1.807) is 4.57 Å². The molecule has 0 atom stereocenters. The van der Waals surface area contributed by atoms with Gasteiger partial charge in [0.15, 0.2) is 0 Å². The van der Waals surface area contributed by atoms with Gasteiger partial charge in [-0.25, -0.2) is 10.5 Å². The molecule has 2 N–H and O–H groups in total. The van der Waals surface area contributed by atoms with Crippen LogP contribution in [0.3, 0.4) is 0 Å². The van der Waals surface area contributed by atoms with Gasteiger partial charge in [-0.3, -0.25) is 5.41 Å². The second-order valence-corrected chi connectivity index (χ2v) is 4.50. The molecule has 0 bridgehead atoms. The van der Waals surface area contributed by atoms with E-state index in [1.165, 1.54) is 0 Å². The van der Waals surface area contributed by atoms with E-state index in [2.05, 4.69) is 10.1 Å². The molecule has 2 rings (SSSR count). The first-order valence-corrected chi connectivity index (χ1v) is 6.13. The maximum absolute atomic E-state index is 7.83. The van der Waals surface area contributed by atoms with Gasteiger partial charge in [-0.05, 0) is 31.0 Å². The molecule has 1 aromatic heterocycles. The summed E-state index contributed by atoms with van der Waals surface area (Å²) in [6, 6.07) is 10.0. The second kappa shape index (κ2) is 5.56. The molecule has 5 heteroatoms. The SMILES string of the molecule is Cc1cc(-c2cccc(CCN=N)c2)nc(=N)n1C. The van der Waals surface area contributed by atoms with Gasteiger partial charge in [0.1, 0.15) is 0 Å². The molecule has 0 spiro atoms. The number of hydrogen-bond acceptors (Lipinski definition) is 4. The van der Waals surface area contributed by atoms with Crippen molar-refractivity contribution in [3.63, 3.8) is 0 Å². The molecule has 0 saturated carbocycles. The van der Waals surface area contributed by atoms with Crippen molar-refractivity contribution in [2.45, 2.75) is 13.3 Å². The van der Waals surface area contributed by atoms with E-state index < -0.39 is 0 Å². The van der Waals surface area contributed by atoms with Gasteiger partial charge in [-0.2, -0.15) is 5.11 Å². The number of rotatable bonds is 4. The van der Waals surface area contributed by atoms with Gasteiger partial charge in [0.25, 0.3) is 0 Å². The first-order chi connectivity index (χ1) is 9.11. The lowest BCUT2D eigenvalue weighted by Crippen LogP contribution is -2.22. The summed E-state index contributed by atoms with van der Waals surface area (Å²) in [5.74, 6) is 0. The molecule has 0 aliphatic rings. The third-order valence-corrected chi connectivity index (χ3v) is 3.15. The lowest BCUT2D eigenvalue weighted by Gasteiger charge is -2.08. The molecular formula is C14H17N5. The molecule has 0 radical (unpaired) electrons. The van der Waals surface area contributed by atoms with Gasteiger partial charge in [0.05, 0.1) is 12.2 Å². The molecule has 98 valence electrons. The summed E-state index contributed by atoms with van der Waals surface area (Å²) in [7, 11) is 1.83. The smallest absolute Gasteiger partial charge is 0.222 e. The van der Waals surface area contributed by atoms with Crippen LogP contribution in [-0.4, -0.2) is 16.1 Å². The monoisotopic (exact) mass is 255 g/mol. The minimum Gasteiger partial charge on any atom is -0.318 e. The highest BCUT2D eigenvalue weighted by atomic mass is 15.0. The first-order valence-electron chi connectivity index (χ1n) is 6.13. The summed E-state index contributed by atoms with van der Waals surface area (Å²) >= 11 is 0. The fourth-order valence-corrected chi connectivity index (χ4v) is 1.90. The number of nitrogens with zero attached hydrogens (tertiary/aromatic N) is 3. The number of benzene rings is 1. The zero-order valence-corrected chi connectivity index (χ0v) is 11.1. The average molecular weight is 255 g/mol. The molecular weight excluding hydrogens is 238 g/mol. The largest absolute Gasteiger partial charge is 0.318 e. The van der Waals surface area contributed by atoms with Crippen LogP contribution in [0.1, 0.15) is 11.3 Å². The Balaban J connectivity index is 2.41. The van der Waals surface area contributed by atoms with Gasteiger partial charge >= 0.3 is 0 Å². The van der Waals surface area contributed by atoms with Crippen LogP contribution < -0.4 is 5.62 Å². The highest BCUT2D eigenvalue weighted by Gasteiger charge is 2.04. The third-order valence-electron chi connectivity index (χ3n) is 3.15. The van der Waals surface area contributed by atoms with Crippen molar-refractivity contribution in [2.75, 3.05) is 6.54 Å². The maximum atomic E-state index is 7.83. The quantitative estimate of drug-likeness (QED) is 0.809. The molecule has 1 heterocycles. The van der Waals surface area contributed by atoms with Crippen molar-refractivity contribution in [1.82, 2.24) is 9.55 Å². The van der Waals surface area contributed by atoms with E-state index in [9.17, 15) is 0 Å². The van der Waals surface area contributed by atoms with Crippen LogP contribution in [0.2, 0.25) is 0 Å². The van der Waals surface area contributed by atoms with Crippen LogP contribution in [0.15, 0.2) is 35.4 Å². The lowest BCUT2D eigenvalue weighted by atomic mass is 10.1. The van der Waals surface area contributed by atoms with Gasteiger partial charge in [-0.15, -0.1) is 0 Å². The summed E-state index contributed by atoms with van der Waals surface area (Å²) in [6.45, 7) is 2.47. The van der Waals surface area contributed by atoms with E-state index >= 15 is 0 Å². The topological polar surface area (TPSA) is 77.9 Å². The molecule has 19 heavy (non-hydrogen) atoms. The maximum Gasteiger partial charge on any atom is 0.222 e. The van der Waals surface area contributed by atoms with Crippen molar-refractivity contribution in [3.05, 3.63) is 47.2 Å². The predicted octanol–water partition coefficient (Wildman–Crippen LogP) is 2.45. The fourth-order valence-electron chi connectivity index (χ4n) is 1.90. The van der Waals surface area contributed by atoms with Crippen LogP contribution >= 0.6 is 0 Å². The minimum atomic E-state index is 0.251. The number of aromatic nitrogens is 2. The van der Waals surface area contributed by atoms with E-state index in [0.29, 0.717) is 6.54 Å². The summed E-state index contributed by atoms with van der Waals surface area (Å²) < 4.78 is 1.74. The van der Waals surface area contributed by atoms with Crippen molar-refractivity contribution in [2.24, 2.45) is 12.2 Å². The molecule has 2 aromatic rings. The third kappa shape index (κ3) is 2.93. The molecule has 0 amide bonds. The Morgan fingerprint density at radius 2 is 2.11 bits per heavy atom. The number of nitrogens with one attached hydrogen (secondary N) is 2. The van der Waals surface area contributed by atoms with Crippen LogP contribution in [0.5, 0.6) is 0 Å². The van der Waals surface area contributed by atoms with Crippen molar-refractivity contribution >= 4 is 0 Å². The lowest BCUT2D eigenvalue weighted by molar-refractivity contribution is 0.736. The summed E-state index contributed by atoms with van der Waals surface area (Å²) in [5.41, 5.74) is 11.0. The molecule has 1 aromatic carbocycles. The average Bonchev–Trinajstić information content (AvgIpc) is 2.42. The Morgan fingerprint density at radius 3 is 2.79 bits per heavy atom. The minimum absolute atomic E-state index is 0.251. The Hall–Kier alpha value is -2.30. The summed E-state index contributed by atoms with van der Waals surface area (Å²) in [6.07, 6.45) is 0.755. The van der Waals surface area contributed by atoms with Crippen LogP contribution in [0, 0.1) is 17.9 Å². The molecule has 0 aliphatic carbocycles. The predicted molar refractivity (Wildman–Crippen MR) is 73.0 cm³/mol. The zero-order chi connectivity index (χ0) is 13.8. The van der Waals surface area contributed by atoms with E-state index in [1.807, 2.05) is 44.3 Å². The Labute approximate surface area is 112 Å². The van der Waals surface area contributed by atoms with Crippen LogP contribution in [0.4, 0.5) is 0 Å². The normalized spacial score (nSPS) is 10.4. The van der Waals surface area contributed by atoms with Gasteiger partial charge in [0, 0.05) is 18.3 Å². The van der Waals surface area contributed by atoms with Gasteiger partial charge in [0.2, 0.25) is 5.62 Å². The van der Waals surface area contributed by atoms with E-state index in [-0.39, 0.29) is 5.62 Å². The van der Waals surface area contributed by atoms with Crippen molar-refractivity contribution < 1.29 is 0 Å². The van der Waals surface area contributed by atoms with Gasteiger partial charge < -0.3 is 4.57 Å². The van der Waals surface area contributed by atoms with E-state index in [4.69, 9.17) is 10.9 Å². The molecule has 0 saturated heterocycles. The molecule has 0 unspecified atom stereocenters. The summed E-state index contributed by atoms with van der Waals surface area (Å²) in [4.78, 5) is 4.29. The Morgan fingerprint density at radius 1 is 1.32 bits per heavy atom. The summed E-state index contributed by atoms with van der Waals surface area (Å²) in [5, 5.41) is 11.2. The molecule has 0 fully saturated rings. The zero-order valence-electron chi connectivity index (χ0n) is 11.1. The molecule has 0 aliphatic heterocycles. The highest BCUT2D eigenvalue weighted by Crippen LogP contribution is 2.18. The fraction of sp³-hybridized carbons (Fsp3) is 0.286. The Bertz CT molecular complexity index is 657. The van der Waals surface area contributed by atoms with Crippen LogP contribution in [0.25, 0.3) is 11.3 Å². The second-order valence-electron chi connectivity index (χ2n) is 4.50. The standard InChI is InChI=1S/C14H17N5/c1-10-8-13(18-14(15)19(10)2)12-5-3-4-11(9-12)6-7-17-16/h3-5,8-9,15-16H,6-7H2,1-2H3. The number of hydrogen-bond donors (Lipinski definition) is 2. The van der Waals surface area contributed by atoms with Crippen molar-refractivity contribution in [1.29, 1.82) is 10.9 Å². The van der Waals surface area contributed by atoms with Gasteiger partial charge in [-0.1, -0.05) is 18.2 Å². The van der Waals surface area contributed by atoms with E-state index in [0.717, 1.165) is 28.9 Å². The van der Waals surface area contributed by atoms with Crippen molar-refractivity contribution in [3.8, 4) is 11.3 Å². The van der Waals surface area contributed by atoms with Crippen LogP contribution in [-0.2, 0) is 13.5 Å². The highest BCUT2D eigenvalue weighted by molar-refractivity contribution is 5.60. The number of aryl methyl sites for hydroxylation is 1. The Kier molecular flexibility index (Phi) is 3.85.